The predicted molar refractivity (Wildman–Crippen MR) is 104 cm³/mol. The van der Waals surface area contributed by atoms with E-state index < -0.39 is 5.97 Å². The molecule has 0 amide bonds. The van der Waals surface area contributed by atoms with Gasteiger partial charge in [-0.25, -0.2) is 4.79 Å². The first-order chi connectivity index (χ1) is 13.5. The zero-order valence-corrected chi connectivity index (χ0v) is 15.7. The minimum atomic E-state index is -0.505. The summed E-state index contributed by atoms with van der Waals surface area (Å²) >= 11 is 0. The van der Waals surface area contributed by atoms with E-state index in [-0.39, 0.29) is 24.8 Å². The van der Waals surface area contributed by atoms with Crippen LogP contribution < -0.4 is 14.2 Å². The summed E-state index contributed by atoms with van der Waals surface area (Å²) in [6.07, 6.45) is 3.15. The molecular weight excluding hydrogens is 360 g/mol. The van der Waals surface area contributed by atoms with E-state index >= 15 is 0 Å². The van der Waals surface area contributed by atoms with Crippen LogP contribution >= 0.6 is 0 Å². The average Bonchev–Trinajstić information content (AvgIpc) is 3.01. The highest BCUT2D eigenvalue weighted by Crippen LogP contribution is 2.37. The fraction of sp³-hybridized carbons (Fsp3) is 0.182. The van der Waals surface area contributed by atoms with Gasteiger partial charge < -0.3 is 18.9 Å². The number of fused-ring (bicyclic) bond motifs is 1. The lowest BCUT2D eigenvalue weighted by molar-refractivity contribution is -0.144. The molecule has 28 heavy (non-hydrogen) atoms. The first-order valence-electron chi connectivity index (χ1n) is 8.64. The van der Waals surface area contributed by atoms with Crippen molar-refractivity contribution in [1.82, 2.24) is 0 Å². The van der Waals surface area contributed by atoms with Crippen molar-refractivity contribution >= 4 is 17.8 Å². The van der Waals surface area contributed by atoms with Gasteiger partial charge in [-0.3, -0.25) is 4.79 Å². The minimum Gasteiger partial charge on any atom is -0.497 e. The van der Waals surface area contributed by atoms with Gasteiger partial charge in [-0.1, -0.05) is 24.8 Å². The number of hydrogen-bond acceptors (Lipinski definition) is 6. The lowest BCUT2D eigenvalue weighted by atomic mass is 10.0. The van der Waals surface area contributed by atoms with Gasteiger partial charge in [-0.2, -0.15) is 0 Å². The minimum absolute atomic E-state index is 0.128. The number of benzene rings is 2. The maximum atomic E-state index is 12.7. The normalized spacial score (nSPS) is 13.6. The van der Waals surface area contributed by atoms with Gasteiger partial charge >= 0.3 is 5.97 Å². The molecule has 0 saturated carbocycles. The van der Waals surface area contributed by atoms with E-state index in [0.717, 1.165) is 11.3 Å². The first kappa shape index (κ1) is 19.2. The van der Waals surface area contributed by atoms with Crippen LogP contribution in [-0.2, 0) is 9.53 Å². The highest BCUT2D eigenvalue weighted by Gasteiger charge is 2.30. The van der Waals surface area contributed by atoms with Crippen molar-refractivity contribution < 1.29 is 28.5 Å². The van der Waals surface area contributed by atoms with Crippen molar-refractivity contribution in [3.8, 4) is 17.2 Å². The maximum absolute atomic E-state index is 12.7. The molecule has 0 saturated heterocycles. The third-order valence-corrected chi connectivity index (χ3v) is 4.08. The van der Waals surface area contributed by atoms with E-state index in [1.165, 1.54) is 6.08 Å². The molecule has 0 aromatic heterocycles. The summed E-state index contributed by atoms with van der Waals surface area (Å²) in [7, 11) is 1.59. The number of allylic oxidation sites excluding steroid dienone is 1. The second kappa shape index (κ2) is 8.43. The molecule has 0 atom stereocenters. The van der Waals surface area contributed by atoms with E-state index in [2.05, 4.69) is 6.58 Å². The summed E-state index contributed by atoms with van der Waals surface area (Å²) in [6, 6.07) is 10.6. The zero-order chi connectivity index (χ0) is 20.1. The fourth-order valence-corrected chi connectivity index (χ4v) is 2.75. The second-order valence-corrected chi connectivity index (χ2v) is 6.09. The molecule has 0 spiro atoms. The molecule has 0 bridgehead atoms. The van der Waals surface area contributed by atoms with Gasteiger partial charge in [0.05, 0.1) is 12.7 Å². The highest BCUT2D eigenvalue weighted by atomic mass is 16.6. The lowest BCUT2D eigenvalue weighted by Crippen LogP contribution is -2.14. The standard InChI is InChI=1S/C22H20O6/c1-4-9-26-20(23)13-27-17-10-14(2)21-18(12-17)28-19(22(21)24)11-15-5-7-16(25-3)8-6-15/h4-8,10-12H,1,9,13H2,2-3H3/b19-11-. The Morgan fingerprint density at radius 1 is 1.18 bits per heavy atom. The van der Waals surface area contributed by atoms with Crippen molar-refractivity contribution in [2.24, 2.45) is 0 Å². The van der Waals surface area contributed by atoms with E-state index in [4.69, 9.17) is 18.9 Å². The van der Waals surface area contributed by atoms with Crippen LogP contribution in [0, 0.1) is 6.92 Å². The summed E-state index contributed by atoms with van der Waals surface area (Å²) in [5.41, 5.74) is 2.01. The van der Waals surface area contributed by atoms with Crippen molar-refractivity contribution in [2.45, 2.75) is 6.92 Å². The van der Waals surface area contributed by atoms with Crippen LogP contribution in [0.5, 0.6) is 17.2 Å². The Bertz CT molecular complexity index is 940. The molecular formula is C22H20O6. The van der Waals surface area contributed by atoms with Crippen LogP contribution in [0.2, 0.25) is 0 Å². The number of carbonyl (C=O) groups excluding carboxylic acids is 2. The molecule has 144 valence electrons. The Morgan fingerprint density at radius 2 is 1.93 bits per heavy atom. The number of ether oxygens (including phenoxy) is 4. The Hall–Kier alpha value is -3.54. The molecule has 0 unspecified atom stereocenters. The van der Waals surface area contributed by atoms with Gasteiger partial charge in [-0.15, -0.1) is 0 Å². The SMILES string of the molecule is C=CCOC(=O)COc1cc(C)c2c(c1)O/C(=C\c1ccc(OC)cc1)C2=O. The van der Waals surface area contributed by atoms with Gasteiger partial charge in [0.2, 0.25) is 5.78 Å². The molecule has 1 aliphatic heterocycles. The second-order valence-electron chi connectivity index (χ2n) is 6.09. The number of esters is 1. The van der Waals surface area contributed by atoms with Gasteiger partial charge in [0.1, 0.15) is 23.9 Å². The zero-order valence-electron chi connectivity index (χ0n) is 15.7. The van der Waals surface area contributed by atoms with Crippen LogP contribution in [0.25, 0.3) is 6.08 Å². The van der Waals surface area contributed by atoms with Gasteiger partial charge in [-0.05, 0) is 42.3 Å². The average molecular weight is 380 g/mol. The predicted octanol–water partition coefficient (Wildman–Crippen LogP) is 3.73. The number of methoxy groups -OCH3 is 1. The summed E-state index contributed by atoms with van der Waals surface area (Å²) in [4.78, 5) is 24.2. The topological polar surface area (TPSA) is 71.1 Å². The maximum Gasteiger partial charge on any atom is 0.344 e. The lowest BCUT2D eigenvalue weighted by Gasteiger charge is -2.08. The van der Waals surface area contributed by atoms with E-state index in [0.29, 0.717) is 22.6 Å². The van der Waals surface area contributed by atoms with E-state index in [1.807, 2.05) is 24.3 Å². The first-order valence-corrected chi connectivity index (χ1v) is 8.64. The van der Waals surface area contributed by atoms with Crippen molar-refractivity contribution in [2.75, 3.05) is 20.3 Å². The Balaban J connectivity index is 1.76. The Morgan fingerprint density at radius 3 is 2.61 bits per heavy atom. The van der Waals surface area contributed by atoms with Crippen molar-refractivity contribution in [3.63, 3.8) is 0 Å². The molecule has 0 radical (unpaired) electrons. The van der Waals surface area contributed by atoms with Crippen LogP contribution in [-0.4, -0.2) is 32.1 Å². The molecule has 6 heteroatoms. The summed E-state index contributed by atoms with van der Waals surface area (Å²) < 4.78 is 21.2. The smallest absolute Gasteiger partial charge is 0.344 e. The molecule has 2 aromatic carbocycles. The largest absolute Gasteiger partial charge is 0.497 e. The van der Waals surface area contributed by atoms with Gasteiger partial charge in [0.15, 0.2) is 12.4 Å². The van der Waals surface area contributed by atoms with Gasteiger partial charge in [0, 0.05) is 6.07 Å². The van der Waals surface area contributed by atoms with Crippen LogP contribution in [0.3, 0.4) is 0 Å². The Kier molecular flexibility index (Phi) is 5.79. The summed E-state index contributed by atoms with van der Waals surface area (Å²) in [6.45, 7) is 5.15. The monoisotopic (exact) mass is 380 g/mol. The Labute approximate surface area is 163 Å². The number of Topliss-reactive ketones (excluding diaryl/α,β-unsaturated/α-hetero) is 1. The summed E-state index contributed by atoms with van der Waals surface area (Å²) in [5.74, 6) is 1.08. The highest BCUT2D eigenvalue weighted by molar-refractivity contribution is 6.15. The number of ketones is 1. The van der Waals surface area contributed by atoms with Crippen LogP contribution in [0.4, 0.5) is 0 Å². The number of carbonyl (C=O) groups is 2. The fourth-order valence-electron chi connectivity index (χ4n) is 2.75. The van der Waals surface area contributed by atoms with Gasteiger partial charge in [0.25, 0.3) is 0 Å². The molecule has 3 rings (SSSR count). The number of hydrogen-bond donors (Lipinski definition) is 0. The molecule has 0 N–H and O–H groups in total. The molecule has 1 aliphatic rings. The molecule has 6 nitrogen and oxygen atoms in total. The molecule has 0 aliphatic carbocycles. The van der Waals surface area contributed by atoms with Crippen LogP contribution in [0.15, 0.2) is 54.8 Å². The summed E-state index contributed by atoms with van der Waals surface area (Å²) in [5, 5.41) is 0. The molecule has 2 aromatic rings. The third-order valence-electron chi connectivity index (χ3n) is 4.08. The van der Waals surface area contributed by atoms with E-state index in [1.54, 1.807) is 32.2 Å². The number of rotatable bonds is 7. The van der Waals surface area contributed by atoms with Crippen LogP contribution in [0.1, 0.15) is 21.5 Å². The van der Waals surface area contributed by atoms with Crippen molar-refractivity contribution in [1.29, 1.82) is 0 Å². The molecule has 1 heterocycles. The van der Waals surface area contributed by atoms with Crippen molar-refractivity contribution in [3.05, 3.63) is 71.5 Å². The third kappa shape index (κ3) is 4.23. The number of aryl methyl sites for hydroxylation is 1. The van der Waals surface area contributed by atoms with E-state index in [9.17, 15) is 9.59 Å². The molecule has 0 fully saturated rings. The quantitative estimate of drug-likeness (QED) is 0.414.